The number of halogens is 2. The number of anilines is 1. The monoisotopic (exact) mass is 277 g/mol. The molecule has 0 fully saturated rings. The van der Waals surface area contributed by atoms with E-state index in [0.29, 0.717) is 27.1 Å². The van der Waals surface area contributed by atoms with Crippen LogP contribution in [0.2, 0.25) is 10.0 Å². The van der Waals surface area contributed by atoms with Crippen molar-refractivity contribution in [1.82, 2.24) is 4.98 Å². The van der Waals surface area contributed by atoms with Crippen LogP contribution < -0.4 is 5.73 Å². The van der Waals surface area contributed by atoms with Crippen LogP contribution in [0.25, 0.3) is 11.3 Å². The first-order valence-electron chi connectivity index (χ1n) is 5.19. The summed E-state index contributed by atoms with van der Waals surface area (Å²) in [4.78, 5) is 4.35. The maximum absolute atomic E-state index is 8.67. The molecule has 0 spiro atoms. The van der Waals surface area contributed by atoms with Gasteiger partial charge < -0.3 is 5.73 Å². The van der Waals surface area contributed by atoms with Gasteiger partial charge in [0.05, 0.1) is 39.6 Å². The van der Waals surface area contributed by atoms with E-state index in [1.165, 1.54) is 0 Å². The predicted molar refractivity (Wildman–Crippen MR) is 73.4 cm³/mol. The van der Waals surface area contributed by atoms with E-state index in [4.69, 9.17) is 34.2 Å². The van der Waals surface area contributed by atoms with Crippen LogP contribution in [0.5, 0.6) is 0 Å². The van der Waals surface area contributed by atoms with E-state index in [1.807, 2.05) is 0 Å². The molecule has 0 aliphatic heterocycles. The third-order valence-corrected chi connectivity index (χ3v) is 3.18. The lowest BCUT2D eigenvalue weighted by molar-refractivity contribution is 1.12. The zero-order valence-electron chi connectivity index (χ0n) is 9.32. The van der Waals surface area contributed by atoms with Gasteiger partial charge in [-0.25, -0.2) is 4.98 Å². The minimum atomic E-state index is 0.245. The number of hydrogen-bond donors (Lipinski definition) is 1. The van der Waals surface area contributed by atoms with Crippen LogP contribution in [0.4, 0.5) is 5.69 Å². The average Bonchev–Trinajstić information content (AvgIpc) is 2.35. The van der Waals surface area contributed by atoms with Crippen molar-refractivity contribution in [3.05, 3.63) is 46.1 Å². The molecule has 0 unspecified atom stereocenters. The molecule has 1 aromatic heterocycles. The summed E-state index contributed by atoms with van der Waals surface area (Å²) in [7, 11) is 0. The molecule has 0 radical (unpaired) electrons. The summed E-state index contributed by atoms with van der Waals surface area (Å²) in [5.74, 6) is 0. The molecule has 0 saturated heterocycles. The van der Waals surface area contributed by atoms with Gasteiger partial charge in [0.15, 0.2) is 0 Å². The molecule has 0 saturated carbocycles. The Hall–Kier alpha value is -1.76. The molecule has 0 aliphatic carbocycles. The zero-order valence-corrected chi connectivity index (χ0v) is 10.8. The summed E-state index contributed by atoms with van der Waals surface area (Å²) < 4.78 is 0. The molecular weight excluding hydrogens is 269 g/mol. The summed E-state index contributed by atoms with van der Waals surface area (Å²) in [6.45, 7) is 0. The van der Waals surface area contributed by atoms with Gasteiger partial charge in [-0.3, -0.25) is 0 Å². The molecule has 0 aliphatic rings. The lowest BCUT2D eigenvalue weighted by Crippen LogP contribution is -1.97. The Balaban J connectivity index is 2.52. The molecule has 0 atom stereocenters. The third-order valence-electron chi connectivity index (χ3n) is 2.44. The Labute approximate surface area is 115 Å². The lowest BCUT2D eigenvalue weighted by atomic mass is 10.1. The fourth-order valence-corrected chi connectivity index (χ4v) is 1.86. The van der Waals surface area contributed by atoms with Crippen molar-refractivity contribution in [3.8, 4) is 17.3 Å². The minimum Gasteiger partial charge on any atom is -0.397 e. The number of nitrogens with zero attached hydrogens (tertiary/aromatic N) is 2. The molecule has 2 N–H and O–H groups in total. The van der Waals surface area contributed by atoms with Crippen molar-refractivity contribution >= 4 is 28.9 Å². The summed E-state index contributed by atoms with van der Waals surface area (Å²) in [6.07, 6.45) is 0.245. The molecule has 0 amide bonds. The average molecular weight is 278 g/mol. The van der Waals surface area contributed by atoms with Crippen molar-refractivity contribution in [2.75, 3.05) is 5.73 Å². The number of aromatic nitrogens is 1. The smallest absolute Gasteiger partial charge is 0.0935 e. The number of nitrogen functional groups attached to an aromatic ring is 1. The molecule has 5 heteroatoms. The maximum atomic E-state index is 8.67. The van der Waals surface area contributed by atoms with Gasteiger partial charge >= 0.3 is 0 Å². The molecule has 90 valence electrons. The largest absolute Gasteiger partial charge is 0.397 e. The number of nitriles is 1. The zero-order chi connectivity index (χ0) is 13.1. The lowest BCUT2D eigenvalue weighted by Gasteiger charge is -2.07. The normalized spacial score (nSPS) is 10.1. The fraction of sp³-hybridized carbons (Fsp3) is 0.0769. The molecule has 2 rings (SSSR count). The van der Waals surface area contributed by atoms with Gasteiger partial charge in [0, 0.05) is 5.56 Å². The molecule has 1 heterocycles. The van der Waals surface area contributed by atoms with Crippen molar-refractivity contribution in [3.63, 3.8) is 0 Å². The maximum Gasteiger partial charge on any atom is 0.0935 e. The van der Waals surface area contributed by atoms with E-state index < -0.39 is 0 Å². The highest BCUT2D eigenvalue weighted by Gasteiger charge is 2.08. The molecular formula is C13H9Cl2N3. The van der Waals surface area contributed by atoms with Gasteiger partial charge in [-0.2, -0.15) is 5.26 Å². The highest BCUT2D eigenvalue weighted by molar-refractivity contribution is 6.42. The van der Waals surface area contributed by atoms with Crippen LogP contribution in [0.1, 0.15) is 5.69 Å². The second-order valence-corrected chi connectivity index (χ2v) is 4.52. The van der Waals surface area contributed by atoms with Crippen LogP contribution in [-0.4, -0.2) is 4.98 Å². The number of nitrogens with two attached hydrogens (primary N) is 1. The summed E-state index contributed by atoms with van der Waals surface area (Å²) in [5, 5.41) is 9.60. The Kier molecular flexibility index (Phi) is 3.71. The molecule has 0 bridgehead atoms. The van der Waals surface area contributed by atoms with Gasteiger partial charge in [0.2, 0.25) is 0 Å². The van der Waals surface area contributed by atoms with Crippen LogP contribution in [0.15, 0.2) is 30.3 Å². The van der Waals surface area contributed by atoms with Crippen LogP contribution in [0.3, 0.4) is 0 Å². The van der Waals surface area contributed by atoms with Gasteiger partial charge in [-0.15, -0.1) is 0 Å². The highest BCUT2D eigenvalue weighted by Crippen LogP contribution is 2.30. The highest BCUT2D eigenvalue weighted by atomic mass is 35.5. The van der Waals surface area contributed by atoms with Gasteiger partial charge in [-0.1, -0.05) is 29.3 Å². The predicted octanol–water partition coefficient (Wildman–Crippen LogP) is 3.70. The van der Waals surface area contributed by atoms with Gasteiger partial charge in [0.1, 0.15) is 0 Å². The van der Waals surface area contributed by atoms with Crippen molar-refractivity contribution < 1.29 is 0 Å². The molecule has 3 nitrogen and oxygen atoms in total. The molecule has 1 aromatic carbocycles. The number of rotatable bonds is 2. The van der Waals surface area contributed by atoms with Crippen LogP contribution in [-0.2, 0) is 6.42 Å². The fourth-order valence-electron chi connectivity index (χ4n) is 1.56. The Morgan fingerprint density at radius 3 is 2.61 bits per heavy atom. The Morgan fingerprint density at radius 1 is 1.17 bits per heavy atom. The van der Waals surface area contributed by atoms with E-state index in [2.05, 4.69) is 11.1 Å². The van der Waals surface area contributed by atoms with E-state index in [1.54, 1.807) is 30.3 Å². The van der Waals surface area contributed by atoms with Crippen molar-refractivity contribution in [2.45, 2.75) is 6.42 Å². The van der Waals surface area contributed by atoms with E-state index in [9.17, 15) is 0 Å². The number of pyridine rings is 1. The topological polar surface area (TPSA) is 62.7 Å². The number of benzene rings is 1. The standard InChI is InChI=1S/C13H9Cl2N3/c14-10-3-1-8(7-11(10)15)13-12(17)4-2-9(18-13)5-6-16/h1-4,7H,5,17H2. The first kappa shape index (κ1) is 12.7. The first-order chi connectivity index (χ1) is 8.61. The van der Waals surface area contributed by atoms with Crippen LogP contribution >= 0.6 is 23.2 Å². The van der Waals surface area contributed by atoms with Crippen molar-refractivity contribution in [2.24, 2.45) is 0 Å². The van der Waals surface area contributed by atoms with E-state index in [-0.39, 0.29) is 6.42 Å². The van der Waals surface area contributed by atoms with Crippen molar-refractivity contribution in [1.29, 1.82) is 5.26 Å². The summed E-state index contributed by atoms with van der Waals surface area (Å²) in [5.41, 5.74) is 8.49. The van der Waals surface area contributed by atoms with Gasteiger partial charge in [0.25, 0.3) is 0 Å². The van der Waals surface area contributed by atoms with Crippen LogP contribution in [0, 0.1) is 11.3 Å². The second-order valence-electron chi connectivity index (χ2n) is 3.70. The van der Waals surface area contributed by atoms with E-state index >= 15 is 0 Å². The SMILES string of the molecule is N#CCc1ccc(N)c(-c2ccc(Cl)c(Cl)c2)n1. The number of hydrogen-bond acceptors (Lipinski definition) is 3. The quantitative estimate of drug-likeness (QED) is 0.910. The van der Waals surface area contributed by atoms with Gasteiger partial charge in [-0.05, 0) is 24.3 Å². The van der Waals surface area contributed by atoms with E-state index in [0.717, 1.165) is 5.56 Å². The Bertz CT molecular complexity index is 633. The first-order valence-corrected chi connectivity index (χ1v) is 5.95. The minimum absolute atomic E-state index is 0.245. The molecule has 2 aromatic rings. The Morgan fingerprint density at radius 2 is 1.94 bits per heavy atom. The third kappa shape index (κ3) is 2.56. The second kappa shape index (κ2) is 5.26. The summed E-state index contributed by atoms with van der Waals surface area (Å²) in [6, 6.07) is 10.7. The molecule has 18 heavy (non-hydrogen) atoms. The summed E-state index contributed by atoms with van der Waals surface area (Å²) >= 11 is 11.8.